The first-order chi connectivity index (χ1) is 17.0. The lowest BCUT2D eigenvalue weighted by Crippen LogP contribution is -2.40. The maximum atomic E-state index is 12.8. The molecule has 0 aromatic heterocycles. The van der Waals surface area contributed by atoms with Crippen LogP contribution in [0.15, 0.2) is 42.5 Å². The van der Waals surface area contributed by atoms with E-state index in [1.807, 2.05) is 18.2 Å². The predicted molar refractivity (Wildman–Crippen MR) is 132 cm³/mol. The number of fused-ring (bicyclic) bond motifs is 1. The van der Waals surface area contributed by atoms with Crippen molar-refractivity contribution in [1.29, 1.82) is 0 Å². The maximum Gasteiger partial charge on any atom is 0.231 e. The number of hydrogen-bond acceptors (Lipinski definition) is 6. The SMILES string of the molecule is CC(CC(=O)Nc1cccc(N2CCCC2)c1)NC(=O)C1CC(=O)N(c2ccc3c(c2)OCO3)C1. The lowest BCUT2D eigenvalue weighted by atomic mass is 10.1. The normalized spacial score (nSPS) is 19.7. The summed E-state index contributed by atoms with van der Waals surface area (Å²) in [6.45, 7) is 4.32. The number of nitrogens with one attached hydrogen (secondary N) is 2. The van der Waals surface area contributed by atoms with E-state index in [4.69, 9.17) is 9.47 Å². The van der Waals surface area contributed by atoms with Crippen molar-refractivity contribution in [1.82, 2.24) is 5.32 Å². The maximum absolute atomic E-state index is 12.8. The van der Waals surface area contributed by atoms with Crippen molar-refractivity contribution in [3.05, 3.63) is 42.5 Å². The first-order valence-corrected chi connectivity index (χ1v) is 12.1. The highest BCUT2D eigenvalue weighted by atomic mass is 16.7. The third-order valence-corrected chi connectivity index (χ3v) is 6.65. The Morgan fingerprint density at radius 3 is 2.69 bits per heavy atom. The van der Waals surface area contributed by atoms with E-state index >= 15 is 0 Å². The van der Waals surface area contributed by atoms with Gasteiger partial charge >= 0.3 is 0 Å². The van der Waals surface area contributed by atoms with Crippen LogP contribution in [0.3, 0.4) is 0 Å². The fourth-order valence-corrected chi connectivity index (χ4v) is 4.84. The number of hydrogen-bond donors (Lipinski definition) is 2. The van der Waals surface area contributed by atoms with E-state index in [0.717, 1.165) is 24.5 Å². The van der Waals surface area contributed by atoms with Crippen LogP contribution in [0.5, 0.6) is 11.5 Å². The minimum absolute atomic E-state index is 0.118. The highest BCUT2D eigenvalue weighted by molar-refractivity contribution is 6.00. The molecule has 35 heavy (non-hydrogen) atoms. The number of carbonyl (C=O) groups is 3. The summed E-state index contributed by atoms with van der Waals surface area (Å²) in [4.78, 5) is 41.9. The predicted octanol–water partition coefficient (Wildman–Crippen LogP) is 2.90. The minimum Gasteiger partial charge on any atom is -0.454 e. The van der Waals surface area contributed by atoms with Crippen molar-refractivity contribution in [2.24, 2.45) is 5.92 Å². The Kier molecular flexibility index (Phi) is 6.48. The third-order valence-electron chi connectivity index (χ3n) is 6.65. The van der Waals surface area contributed by atoms with Gasteiger partial charge in [-0.2, -0.15) is 0 Å². The number of nitrogens with zero attached hydrogens (tertiary/aromatic N) is 2. The van der Waals surface area contributed by atoms with Crippen molar-refractivity contribution in [3.63, 3.8) is 0 Å². The summed E-state index contributed by atoms with van der Waals surface area (Å²) >= 11 is 0. The Bertz CT molecular complexity index is 1130. The molecule has 2 aromatic carbocycles. The number of anilines is 3. The van der Waals surface area contributed by atoms with E-state index in [9.17, 15) is 14.4 Å². The third kappa shape index (κ3) is 5.18. The quantitative estimate of drug-likeness (QED) is 0.635. The van der Waals surface area contributed by atoms with Crippen molar-refractivity contribution in [2.45, 2.75) is 38.6 Å². The molecule has 2 N–H and O–H groups in total. The summed E-state index contributed by atoms with van der Waals surface area (Å²) in [7, 11) is 0. The van der Waals surface area contributed by atoms with Gasteiger partial charge in [-0.1, -0.05) is 6.07 Å². The summed E-state index contributed by atoms with van der Waals surface area (Å²) < 4.78 is 10.7. The number of ether oxygens (including phenoxy) is 2. The molecule has 2 unspecified atom stereocenters. The molecule has 5 rings (SSSR count). The molecule has 0 spiro atoms. The molecule has 0 bridgehead atoms. The highest BCUT2D eigenvalue weighted by Gasteiger charge is 2.36. The van der Waals surface area contributed by atoms with Gasteiger partial charge in [0.2, 0.25) is 24.5 Å². The van der Waals surface area contributed by atoms with Gasteiger partial charge in [0, 0.05) is 61.6 Å². The Morgan fingerprint density at radius 2 is 1.86 bits per heavy atom. The first kappa shape index (κ1) is 23.0. The molecule has 3 aliphatic heterocycles. The molecule has 184 valence electrons. The van der Waals surface area contributed by atoms with Gasteiger partial charge in [0.15, 0.2) is 11.5 Å². The van der Waals surface area contributed by atoms with E-state index in [1.54, 1.807) is 30.0 Å². The highest BCUT2D eigenvalue weighted by Crippen LogP contribution is 2.37. The van der Waals surface area contributed by atoms with Crippen molar-refractivity contribution >= 4 is 34.8 Å². The van der Waals surface area contributed by atoms with Crippen molar-refractivity contribution in [2.75, 3.05) is 41.5 Å². The van der Waals surface area contributed by atoms with Gasteiger partial charge in [-0.25, -0.2) is 0 Å². The van der Waals surface area contributed by atoms with Crippen LogP contribution in [0.2, 0.25) is 0 Å². The lowest BCUT2D eigenvalue weighted by molar-refractivity contribution is -0.127. The van der Waals surface area contributed by atoms with Gasteiger partial charge in [0.25, 0.3) is 0 Å². The second-order valence-corrected chi connectivity index (χ2v) is 9.35. The molecule has 2 aromatic rings. The summed E-state index contributed by atoms with van der Waals surface area (Å²) in [5, 5.41) is 5.83. The fraction of sp³-hybridized carbons (Fsp3) is 0.423. The zero-order valence-corrected chi connectivity index (χ0v) is 19.8. The Hall–Kier alpha value is -3.75. The molecule has 3 aliphatic rings. The second kappa shape index (κ2) is 9.85. The molecule has 9 nitrogen and oxygen atoms in total. The first-order valence-electron chi connectivity index (χ1n) is 12.1. The molecule has 0 radical (unpaired) electrons. The molecule has 2 atom stereocenters. The van der Waals surface area contributed by atoms with Crippen LogP contribution < -0.4 is 29.9 Å². The number of benzene rings is 2. The van der Waals surface area contributed by atoms with Gasteiger partial charge in [-0.15, -0.1) is 0 Å². The molecule has 0 aliphatic carbocycles. The van der Waals surface area contributed by atoms with Crippen LogP contribution in [0.25, 0.3) is 0 Å². The Balaban J connectivity index is 1.12. The monoisotopic (exact) mass is 478 g/mol. The van der Waals surface area contributed by atoms with Crippen LogP contribution in [0.1, 0.15) is 32.6 Å². The van der Waals surface area contributed by atoms with E-state index < -0.39 is 5.92 Å². The number of amides is 3. The lowest BCUT2D eigenvalue weighted by Gasteiger charge is -2.20. The van der Waals surface area contributed by atoms with Crippen LogP contribution in [0, 0.1) is 5.92 Å². The molecular weight excluding hydrogens is 448 g/mol. The molecule has 2 saturated heterocycles. The van der Waals surface area contributed by atoms with Crippen LogP contribution >= 0.6 is 0 Å². The van der Waals surface area contributed by atoms with Gasteiger partial charge in [0.1, 0.15) is 0 Å². The largest absolute Gasteiger partial charge is 0.454 e. The van der Waals surface area contributed by atoms with Crippen molar-refractivity contribution < 1.29 is 23.9 Å². The second-order valence-electron chi connectivity index (χ2n) is 9.35. The minimum atomic E-state index is -0.476. The standard InChI is InChI=1S/C26H30N4O5/c1-17(11-24(31)28-19-5-4-6-20(13-19)29-9-2-3-10-29)27-26(33)18-12-25(32)30(15-18)21-7-8-22-23(14-21)35-16-34-22/h4-8,13-14,17-18H,2-3,9-12,15-16H2,1H3,(H,27,33)(H,28,31). The smallest absolute Gasteiger partial charge is 0.231 e. The molecule has 9 heteroatoms. The summed E-state index contributed by atoms with van der Waals surface area (Å²) in [5.74, 6) is 0.250. The summed E-state index contributed by atoms with van der Waals surface area (Å²) in [5.41, 5.74) is 2.54. The van der Waals surface area contributed by atoms with Gasteiger partial charge in [-0.05, 0) is 50.1 Å². The van der Waals surface area contributed by atoms with E-state index in [1.165, 1.54) is 12.8 Å². The van der Waals surface area contributed by atoms with E-state index in [0.29, 0.717) is 17.2 Å². The van der Waals surface area contributed by atoms with Gasteiger partial charge in [-0.3, -0.25) is 14.4 Å². The average molecular weight is 479 g/mol. The van der Waals surface area contributed by atoms with Crippen LogP contribution in [0.4, 0.5) is 17.1 Å². The fourth-order valence-electron chi connectivity index (χ4n) is 4.84. The Morgan fingerprint density at radius 1 is 1.06 bits per heavy atom. The zero-order chi connectivity index (χ0) is 24.4. The van der Waals surface area contributed by atoms with E-state index in [2.05, 4.69) is 21.6 Å². The Labute approximate surface area is 204 Å². The molecular formula is C26H30N4O5. The number of rotatable bonds is 7. The van der Waals surface area contributed by atoms with Gasteiger partial charge < -0.3 is 29.9 Å². The average Bonchev–Trinajstić information content (AvgIpc) is 3.59. The van der Waals surface area contributed by atoms with Crippen molar-refractivity contribution in [3.8, 4) is 11.5 Å². The zero-order valence-electron chi connectivity index (χ0n) is 19.8. The molecule has 3 heterocycles. The van der Waals surface area contributed by atoms with Crippen LogP contribution in [-0.4, -0.2) is 50.2 Å². The molecule has 3 amide bonds. The molecule has 0 saturated carbocycles. The van der Waals surface area contributed by atoms with Gasteiger partial charge in [0.05, 0.1) is 5.92 Å². The summed E-state index contributed by atoms with van der Waals surface area (Å²) in [6.07, 6.45) is 2.65. The number of carbonyl (C=O) groups excluding carboxylic acids is 3. The van der Waals surface area contributed by atoms with Crippen LogP contribution in [-0.2, 0) is 14.4 Å². The summed E-state index contributed by atoms with van der Waals surface area (Å²) in [6, 6.07) is 12.8. The molecule has 2 fully saturated rings. The van der Waals surface area contributed by atoms with E-state index in [-0.39, 0.29) is 49.9 Å². The topological polar surface area (TPSA) is 100 Å².